The SMILES string of the molecule is O=C(O)c1ccc2nc(CN3CC=C(c4csc(OCc5ccc(Cl)cc5F)n4)CC3)n(CC3CCO3)c2c1. The van der Waals surface area contributed by atoms with E-state index < -0.39 is 11.8 Å². The van der Waals surface area contributed by atoms with Crippen LogP contribution in [0.3, 0.4) is 0 Å². The highest BCUT2D eigenvalue weighted by Crippen LogP contribution is 2.29. The normalized spacial score (nSPS) is 17.7. The van der Waals surface area contributed by atoms with Crippen LogP contribution in [-0.4, -0.2) is 56.3 Å². The van der Waals surface area contributed by atoms with Crippen molar-refractivity contribution in [2.45, 2.75) is 38.6 Å². The molecule has 0 spiro atoms. The maximum atomic E-state index is 14.0. The number of thiazole rings is 1. The molecule has 0 saturated carbocycles. The van der Waals surface area contributed by atoms with Crippen molar-refractivity contribution in [1.29, 1.82) is 0 Å². The number of rotatable bonds is 9. The van der Waals surface area contributed by atoms with Gasteiger partial charge in [-0.25, -0.2) is 19.2 Å². The predicted molar refractivity (Wildman–Crippen MR) is 147 cm³/mol. The van der Waals surface area contributed by atoms with Gasteiger partial charge >= 0.3 is 5.97 Å². The molecule has 0 radical (unpaired) electrons. The lowest BCUT2D eigenvalue weighted by atomic mass is 10.1. The van der Waals surface area contributed by atoms with Crippen molar-refractivity contribution < 1.29 is 23.8 Å². The molecule has 6 rings (SSSR count). The van der Waals surface area contributed by atoms with Gasteiger partial charge in [-0.05, 0) is 48.7 Å². The maximum Gasteiger partial charge on any atom is 0.335 e. The minimum atomic E-state index is -0.951. The third-order valence-electron chi connectivity index (χ3n) is 7.09. The fourth-order valence-electron chi connectivity index (χ4n) is 4.80. The van der Waals surface area contributed by atoms with E-state index in [9.17, 15) is 14.3 Å². The van der Waals surface area contributed by atoms with Gasteiger partial charge in [-0.2, -0.15) is 0 Å². The van der Waals surface area contributed by atoms with E-state index in [2.05, 4.69) is 20.5 Å². The summed E-state index contributed by atoms with van der Waals surface area (Å²) in [7, 11) is 0. The standard InChI is InChI=1S/C28H26ClFN4O4S/c29-20-3-1-19(22(30)12-20)15-38-28-32-24(16-39-28)17-5-8-33(9-6-17)14-26-31-23-4-2-18(27(35)36)11-25(23)34(26)13-21-7-10-37-21/h1-5,11-12,16,21H,6-10,13-15H2,(H,35,36). The highest BCUT2D eigenvalue weighted by molar-refractivity contribution is 7.11. The third kappa shape index (κ3) is 5.69. The second-order valence-corrected chi connectivity index (χ2v) is 10.9. The van der Waals surface area contributed by atoms with E-state index in [1.165, 1.54) is 17.4 Å². The molecule has 2 aliphatic rings. The van der Waals surface area contributed by atoms with Crippen LogP contribution in [0.4, 0.5) is 4.39 Å². The van der Waals surface area contributed by atoms with Crippen molar-refractivity contribution in [3.63, 3.8) is 0 Å². The van der Waals surface area contributed by atoms with Crippen molar-refractivity contribution in [1.82, 2.24) is 19.4 Å². The molecule has 1 unspecified atom stereocenters. The van der Waals surface area contributed by atoms with Crippen LogP contribution in [0, 0.1) is 5.82 Å². The highest BCUT2D eigenvalue weighted by Gasteiger charge is 2.24. The van der Waals surface area contributed by atoms with Crippen LogP contribution in [0.25, 0.3) is 16.6 Å². The van der Waals surface area contributed by atoms with E-state index in [1.807, 2.05) is 5.38 Å². The van der Waals surface area contributed by atoms with Crippen LogP contribution in [0.5, 0.6) is 5.19 Å². The van der Waals surface area contributed by atoms with Crippen molar-refractivity contribution in [3.05, 3.63) is 81.3 Å². The maximum absolute atomic E-state index is 14.0. The zero-order valence-corrected chi connectivity index (χ0v) is 22.6. The van der Waals surface area contributed by atoms with Gasteiger partial charge in [-0.3, -0.25) is 4.90 Å². The molecule has 2 aromatic carbocycles. The average Bonchev–Trinajstić information content (AvgIpc) is 3.50. The Morgan fingerprint density at radius 1 is 1.26 bits per heavy atom. The van der Waals surface area contributed by atoms with Gasteiger partial charge in [-0.15, -0.1) is 0 Å². The van der Waals surface area contributed by atoms with E-state index in [4.69, 9.17) is 26.1 Å². The molecular weight excluding hydrogens is 543 g/mol. The molecule has 0 bridgehead atoms. The second-order valence-electron chi connectivity index (χ2n) is 9.67. The first kappa shape index (κ1) is 25.9. The zero-order valence-electron chi connectivity index (χ0n) is 21.0. The number of nitrogens with zero attached hydrogens (tertiary/aromatic N) is 4. The van der Waals surface area contributed by atoms with Crippen molar-refractivity contribution in [2.75, 3.05) is 19.7 Å². The number of halogens is 2. The fraction of sp³-hybridized carbons (Fsp3) is 0.321. The Morgan fingerprint density at radius 3 is 2.85 bits per heavy atom. The van der Waals surface area contributed by atoms with Gasteiger partial charge in [0.15, 0.2) is 0 Å². The molecule has 0 aliphatic carbocycles. The number of ether oxygens (including phenoxy) is 2. The molecule has 2 aromatic heterocycles. The van der Waals surface area contributed by atoms with Gasteiger partial charge in [-0.1, -0.05) is 35.1 Å². The molecule has 0 amide bonds. The largest absolute Gasteiger partial charge is 0.478 e. The lowest BCUT2D eigenvalue weighted by Gasteiger charge is -2.29. The Kier molecular flexibility index (Phi) is 7.35. The highest BCUT2D eigenvalue weighted by atomic mass is 35.5. The monoisotopic (exact) mass is 568 g/mol. The summed E-state index contributed by atoms with van der Waals surface area (Å²) in [6.07, 6.45) is 4.11. The molecular formula is C28H26ClFN4O4S. The first-order chi connectivity index (χ1) is 18.9. The molecule has 39 heavy (non-hydrogen) atoms. The molecule has 11 heteroatoms. The Bertz CT molecular complexity index is 1560. The van der Waals surface area contributed by atoms with Gasteiger partial charge in [0.1, 0.15) is 18.2 Å². The van der Waals surface area contributed by atoms with Crippen LogP contribution in [0.2, 0.25) is 5.02 Å². The molecule has 4 aromatic rings. The topological polar surface area (TPSA) is 89.7 Å². The van der Waals surface area contributed by atoms with Gasteiger partial charge < -0.3 is 19.1 Å². The number of carboxylic acid groups (broad SMARTS) is 1. The first-order valence-electron chi connectivity index (χ1n) is 12.7. The molecule has 2 aliphatic heterocycles. The molecule has 202 valence electrons. The summed E-state index contributed by atoms with van der Waals surface area (Å²) >= 11 is 7.21. The number of carbonyl (C=O) groups is 1. The zero-order chi connectivity index (χ0) is 26.9. The van der Waals surface area contributed by atoms with Gasteiger partial charge in [0, 0.05) is 35.7 Å². The smallest absolute Gasteiger partial charge is 0.335 e. The van der Waals surface area contributed by atoms with Crippen LogP contribution in [0.1, 0.15) is 40.3 Å². The first-order valence-corrected chi connectivity index (χ1v) is 14.0. The number of aromatic carboxylic acids is 1. The average molecular weight is 569 g/mol. The van der Waals surface area contributed by atoms with Crippen LogP contribution in [-0.2, 0) is 24.4 Å². The quantitative estimate of drug-likeness (QED) is 0.279. The van der Waals surface area contributed by atoms with E-state index in [-0.39, 0.29) is 18.3 Å². The summed E-state index contributed by atoms with van der Waals surface area (Å²) in [4.78, 5) is 23.3. The van der Waals surface area contributed by atoms with Gasteiger partial charge in [0.05, 0.1) is 41.5 Å². The number of aromatic nitrogens is 3. The lowest BCUT2D eigenvalue weighted by molar-refractivity contribution is -0.0591. The molecule has 1 fully saturated rings. The van der Waals surface area contributed by atoms with Crippen molar-refractivity contribution >= 4 is 45.5 Å². The predicted octanol–water partition coefficient (Wildman–Crippen LogP) is 5.64. The van der Waals surface area contributed by atoms with E-state index in [1.54, 1.807) is 30.3 Å². The van der Waals surface area contributed by atoms with Crippen molar-refractivity contribution in [2.24, 2.45) is 0 Å². The van der Waals surface area contributed by atoms with Crippen LogP contribution in [0.15, 0.2) is 47.9 Å². The summed E-state index contributed by atoms with van der Waals surface area (Å²) in [5, 5.41) is 12.3. The number of hydrogen-bond donors (Lipinski definition) is 1. The molecule has 1 atom stereocenters. The Labute approximate surface area is 233 Å². The molecule has 1 saturated heterocycles. The Morgan fingerprint density at radius 2 is 2.13 bits per heavy atom. The number of imidazole rings is 1. The number of benzene rings is 2. The van der Waals surface area contributed by atoms with E-state index in [0.717, 1.165) is 60.7 Å². The van der Waals surface area contributed by atoms with E-state index in [0.29, 0.717) is 28.9 Å². The summed E-state index contributed by atoms with van der Waals surface area (Å²) in [6, 6.07) is 9.60. The molecule has 8 nitrogen and oxygen atoms in total. The lowest BCUT2D eigenvalue weighted by Crippen LogP contribution is -2.33. The van der Waals surface area contributed by atoms with Crippen LogP contribution < -0.4 is 4.74 Å². The van der Waals surface area contributed by atoms with Crippen molar-refractivity contribution in [3.8, 4) is 5.19 Å². The summed E-state index contributed by atoms with van der Waals surface area (Å²) in [5.74, 6) is -0.448. The second kappa shape index (κ2) is 11.1. The summed E-state index contributed by atoms with van der Waals surface area (Å²) in [6.45, 7) is 3.72. The third-order valence-corrected chi connectivity index (χ3v) is 8.08. The minimum Gasteiger partial charge on any atom is -0.478 e. The van der Waals surface area contributed by atoms with Crippen LogP contribution >= 0.6 is 22.9 Å². The molecule has 4 heterocycles. The summed E-state index contributed by atoms with van der Waals surface area (Å²) < 4.78 is 27.5. The minimum absolute atomic E-state index is 0.0869. The number of hydrogen-bond acceptors (Lipinski definition) is 7. The van der Waals surface area contributed by atoms with E-state index >= 15 is 0 Å². The summed E-state index contributed by atoms with van der Waals surface area (Å²) in [5.41, 5.74) is 4.32. The Hall–Kier alpha value is -3.31. The molecule has 1 N–H and O–H groups in total. The fourth-order valence-corrected chi connectivity index (χ4v) is 5.65. The number of carboxylic acids is 1. The van der Waals surface area contributed by atoms with Gasteiger partial charge in [0.25, 0.3) is 5.19 Å². The van der Waals surface area contributed by atoms with Gasteiger partial charge in [0.2, 0.25) is 0 Å². The Balaban J connectivity index is 1.13. The number of fused-ring (bicyclic) bond motifs is 1.